The lowest BCUT2D eigenvalue weighted by molar-refractivity contribution is -0.146. The van der Waals surface area contributed by atoms with Gasteiger partial charge in [-0.05, 0) is 24.8 Å². The zero-order chi connectivity index (χ0) is 14.1. The molecule has 0 aromatic carbocycles. The molecular formula is C11H17N3O4S. The highest BCUT2D eigenvalue weighted by Crippen LogP contribution is 2.33. The van der Waals surface area contributed by atoms with Crippen molar-refractivity contribution in [1.29, 1.82) is 0 Å². The summed E-state index contributed by atoms with van der Waals surface area (Å²) >= 11 is 0. The number of carbonyl (C=O) groups is 1. The van der Waals surface area contributed by atoms with Gasteiger partial charge in [0.2, 0.25) is 0 Å². The van der Waals surface area contributed by atoms with Gasteiger partial charge in [-0.15, -0.1) is 0 Å². The fraction of sp³-hybridized carbons (Fsp3) is 0.636. The summed E-state index contributed by atoms with van der Waals surface area (Å²) in [5, 5.41) is 15.2. The van der Waals surface area contributed by atoms with E-state index in [4.69, 9.17) is 0 Å². The van der Waals surface area contributed by atoms with Gasteiger partial charge in [0.15, 0.2) is 5.03 Å². The first kappa shape index (κ1) is 14.0. The molecule has 2 rings (SSSR count). The molecule has 0 radical (unpaired) electrons. The Morgan fingerprint density at radius 2 is 2.37 bits per heavy atom. The number of H-pyrrole nitrogens is 1. The summed E-state index contributed by atoms with van der Waals surface area (Å²) in [5.74, 6) is -0.948. The molecule has 0 bridgehead atoms. The van der Waals surface area contributed by atoms with Crippen molar-refractivity contribution in [2.75, 3.05) is 0 Å². The van der Waals surface area contributed by atoms with Crippen LogP contribution in [0, 0.1) is 5.92 Å². The Bertz CT molecular complexity index is 555. The van der Waals surface area contributed by atoms with E-state index in [1.54, 1.807) is 0 Å². The van der Waals surface area contributed by atoms with E-state index in [0.717, 1.165) is 6.42 Å². The van der Waals surface area contributed by atoms with E-state index in [9.17, 15) is 18.3 Å². The minimum absolute atomic E-state index is 0.119. The third-order valence-corrected chi connectivity index (χ3v) is 4.97. The van der Waals surface area contributed by atoms with Gasteiger partial charge in [-0.2, -0.15) is 9.82 Å². The number of carboxylic acids is 1. The molecule has 7 nitrogen and oxygen atoms in total. The van der Waals surface area contributed by atoms with Gasteiger partial charge in [-0.1, -0.05) is 19.8 Å². The van der Waals surface area contributed by atoms with Crippen LogP contribution in [-0.2, 0) is 14.8 Å². The summed E-state index contributed by atoms with van der Waals surface area (Å²) in [4.78, 5) is 11.5. The van der Waals surface area contributed by atoms with Gasteiger partial charge in [0.25, 0.3) is 10.0 Å². The molecule has 1 aromatic heterocycles. The maximum Gasteiger partial charge on any atom is 0.324 e. The van der Waals surface area contributed by atoms with Gasteiger partial charge in [0.1, 0.15) is 5.54 Å². The predicted molar refractivity (Wildman–Crippen MR) is 66.9 cm³/mol. The van der Waals surface area contributed by atoms with Crippen molar-refractivity contribution in [3.63, 3.8) is 0 Å². The van der Waals surface area contributed by atoms with E-state index < -0.39 is 21.5 Å². The molecule has 1 aliphatic rings. The monoisotopic (exact) mass is 287 g/mol. The van der Waals surface area contributed by atoms with Gasteiger partial charge in [0.05, 0.1) is 6.20 Å². The molecule has 2 unspecified atom stereocenters. The number of nitrogens with one attached hydrogen (secondary N) is 2. The normalized spacial score (nSPS) is 28.2. The van der Waals surface area contributed by atoms with Crippen molar-refractivity contribution in [3.05, 3.63) is 12.3 Å². The molecular weight excluding hydrogens is 270 g/mol. The number of carboxylic acid groups (broad SMARTS) is 1. The third-order valence-electron chi connectivity index (χ3n) is 3.50. The van der Waals surface area contributed by atoms with Gasteiger partial charge < -0.3 is 5.11 Å². The molecule has 1 heterocycles. The molecule has 1 fully saturated rings. The molecule has 1 aromatic rings. The van der Waals surface area contributed by atoms with Crippen LogP contribution in [-0.4, -0.2) is 35.2 Å². The van der Waals surface area contributed by atoms with E-state index in [1.807, 2.05) is 6.92 Å². The number of sulfonamides is 1. The SMILES string of the molecule is CC1CCCC(NS(=O)(=O)c2ccn[nH]2)(C(=O)O)C1. The van der Waals surface area contributed by atoms with Crippen molar-refractivity contribution in [2.45, 2.75) is 43.2 Å². The fourth-order valence-electron chi connectivity index (χ4n) is 2.59. The molecule has 2 atom stereocenters. The second-order valence-electron chi connectivity index (χ2n) is 5.12. The van der Waals surface area contributed by atoms with Crippen LogP contribution in [0.4, 0.5) is 0 Å². The highest BCUT2D eigenvalue weighted by atomic mass is 32.2. The minimum atomic E-state index is -3.89. The Balaban J connectivity index is 2.29. The number of nitrogens with zero attached hydrogens (tertiary/aromatic N) is 1. The van der Waals surface area contributed by atoms with Crippen molar-refractivity contribution in [2.24, 2.45) is 5.92 Å². The van der Waals surface area contributed by atoms with E-state index >= 15 is 0 Å². The number of hydrogen-bond donors (Lipinski definition) is 3. The molecule has 19 heavy (non-hydrogen) atoms. The molecule has 1 saturated carbocycles. The molecule has 0 saturated heterocycles. The first-order chi connectivity index (χ1) is 8.86. The van der Waals surface area contributed by atoms with Crippen LogP contribution < -0.4 is 4.72 Å². The maximum absolute atomic E-state index is 12.1. The maximum atomic E-state index is 12.1. The van der Waals surface area contributed by atoms with Crippen LogP contribution in [0.5, 0.6) is 0 Å². The summed E-state index contributed by atoms with van der Waals surface area (Å²) in [6.07, 6.45) is 3.53. The average molecular weight is 287 g/mol. The fourth-order valence-corrected chi connectivity index (χ4v) is 3.90. The Kier molecular flexibility index (Phi) is 3.64. The van der Waals surface area contributed by atoms with Gasteiger partial charge in [-0.25, -0.2) is 8.42 Å². The first-order valence-electron chi connectivity index (χ1n) is 6.12. The zero-order valence-electron chi connectivity index (χ0n) is 10.6. The standard InChI is InChI=1S/C11H17N3O4S/c1-8-3-2-5-11(7-8,10(15)16)14-19(17,18)9-4-6-12-13-9/h4,6,8,14H,2-3,5,7H2,1H3,(H,12,13)(H,15,16). The second-order valence-corrected chi connectivity index (χ2v) is 6.77. The van der Waals surface area contributed by atoms with Crippen molar-refractivity contribution < 1.29 is 18.3 Å². The lowest BCUT2D eigenvalue weighted by Crippen LogP contribution is -2.56. The molecule has 0 amide bonds. The first-order valence-corrected chi connectivity index (χ1v) is 7.61. The molecule has 0 spiro atoms. The Morgan fingerprint density at radius 3 is 2.89 bits per heavy atom. The predicted octanol–water partition coefficient (Wildman–Crippen LogP) is 0.721. The highest BCUT2D eigenvalue weighted by Gasteiger charge is 2.45. The molecule has 3 N–H and O–H groups in total. The van der Waals surface area contributed by atoms with Crippen LogP contribution >= 0.6 is 0 Å². The van der Waals surface area contributed by atoms with Gasteiger partial charge in [0, 0.05) is 0 Å². The highest BCUT2D eigenvalue weighted by molar-refractivity contribution is 7.89. The molecule has 106 valence electrons. The molecule has 8 heteroatoms. The number of aliphatic carboxylic acids is 1. The number of rotatable bonds is 4. The van der Waals surface area contributed by atoms with Crippen LogP contribution in [0.25, 0.3) is 0 Å². The Morgan fingerprint density at radius 1 is 1.63 bits per heavy atom. The smallest absolute Gasteiger partial charge is 0.324 e. The van der Waals surface area contributed by atoms with E-state index in [1.165, 1.54) is 12.3 Å². The Labute approximate surface area is 111 Å². The number of aromatic amines is 1. The van der Waals surface area contributed by atoms with Crippen LogP contribution in [0.15, 0.2) is 17.3 Å². The minimum Gasteiger partial charge on any atom is -0.480 e. The summed E-state index contributed by atoms with van der Waals surface area (Å²) in [5.41, 5.74) is -1.42. The van der Waals surface area contributed by atoms with Crippen molar-refractivity contribution in [1.82, 2.24) is 14.9 Å². The van der Waals surface area contributed by atoms with Crippen LogP contribution in [0.2, 0.25) is 0 Å². The topological polar surface area (TPSA) is 112 Å². The zero-order valence-corrected chi connectivity index (χ0v) is 11.4. The van der Waals surface area contributed by atoms with Crippen LogP contribution in [0.1, 0.15) is 32.6 Å². The number of hydrogen-bond acceptors (Lipinski definition) is 4. The Hall–Kier alpha value is -1.41. The summed E-state index contributed by atoms with van der Waals surface area (Å²) < 4.78 is 26.6. The van der Waals surface area contributed by atoms with Gasteiger partial charge >= 0.3 is 5.97 Å². The second kappa shape index (κ2) is 4.93. The van der Waals surface area contributed by atoms with Crippen LogP contribution in [0.3, 0.4) is 0 Å². The van der Waals surface area contributed by atoms with Crippen molar-refractivity contribution in [3.8, 4) is 0 Å². The third kappa shape index (κ3) is 2.79. The average Bonchev–Trinajstić information content (AvgIpc) is 2.82. The summed E-state index contributed by atoms with van der Waals surface area (Å²) in [6.45, 7) is 1.93. The summed E-state index contributed by atoms with van der Waals surface area (Å²) in [6, 6.07) is 1.30. The van der Waals surface area contributed by atoms with Gasteiger partial charge in [-0.3, -0.25) is 9.89 Å². The largest absolute Gasteiger partial charge is 0.480 e. The molecule has 0 aliphatic heterocycles. The quantitative estimate of drug-likeness (QED) is 0.755. The van der Waals surface area contributed by atoms with E-state index in [-0.39, 0.29) is 10.9 Å². The lowest BCUT2D eigenvalue weighted by Gasteiger charge is -2.36. The molecule has 1 aliphatic carbocycles. The van der Waals surface area contributed by atoms with E-state index in [2.05, 4.69) is 14.9 Å². The number of aromatic nitrogens is 2. The lowest BCUT2D eigenvalue weighted by atomic mass is 9.77. The van der Waals surface area contributed by atoms with Crippen molar-refractivity contribution >= 4 is 16.0 Å². The van der Waals surface area contributed by atoms with E-state index in [0.29, 0.717) is 19.3 Å². The summed E-state index contributed by atoms with van der Waals surface area (Å²) in [7, 11) is -3.89.